The zero-order chi connectivity index (χ0) is 20.9. The summed E-state index contributed by atoms with van der Waals surface area (Å²) >= 11 is 0. The molecule has 156 valence electrons. The Morgan fingerprint density at radius 3 is 2.50 bits per heavy atom. The number of aliphatic hydroxyl groups is 1. The van der Waals surface area contributed by atoms with Gasteiger partial charge in [-0.1, -0.05) is 54.6 Å². The first kappa shape index (κ1) is 20.7. The molecule has 1 heterocycles. The summed E-state index contributed by atoms with van der Waals surface area (Å²) in [5, 5.41) is 10.2. The molecule has 3 nitrogen and oxygen atoms in total. The molecule has 0 spiro atoms. The van der Waals surface area contributed by atoms with Crippen LogP contribution in [0.3, 0.4) is 0 Å². The number of benzene rings is 3. The van der Waals surface area contributed by atoms with Crippen LogP contribution in [0.2, 0.25) is 0 Å². The van der Waals surface area contributed by atoms with E-state index >= 15 is 0 Å². The van der Waals surface area contributed by atoms with Crippen molar-refractivity contribution in [3.05, 3.63) is 95.6 Å². The molecule has 1 fully saturated rings. The van der Waals surface area contributed by atoms with Crippen molar-refractivity contribution in [2.24, 2.45) is 0 Å². The van der Waals surface area contributed by atoms with Gasteiger partial charge in [-0.25, -0.2) is 8.78 Å². The largest absolute Gasteiger partial charge is 0.396 e. The molecule has 1 N–H and O–H groups in total. The monoisotopic (exact) mass is 409 g/mol. The second kappa shape index (κ2) is 9.47. The first-order valence-corrected chi connectivity index (χ1v) is 10.2. The van der Waals surface area contributed by atoms with Crippen LogP contribution in [-0.2, 0) is 11.3 Å². The van der Waals surface area contributed by atoms with Gasteiger partial charge >= 0.3 is 0 Å². The summed E-state index contributed by atoms with van der Waals surface area (Å²) in [6, 6.07) is 21.2. The highest BCUT2D eigenvalue weighted by Gasteiger charge is 2.30. The summed E-state index contributed by atoms with van der Waals surface area (Å²) in [4.78, 5) is 2.31. The molecule has 0 amide bonds. The maximum absolute atomic E-state index is 14.5. The number of morpholine rings is 1. The molecule has 5 heteroatoms. The van der Waals surface area contributed by atoms with Gasteiger partial charge in [0.15, 0.2) is 0 Å². The van der Waals surface area contributed by atoms with E-state index in [1.54, 1.807) is 6.07 Å². The smallest absolute Gasteiger partial charge is 0.133 e. The van der Waals surface area contributed by atoms with Gasteiger partial charge in [0.2, 0.25) is 0 Å². The van der Waals surface area contributed by atoms with E-state index in [1.165, 1.54) is 17.7 Å². The molecule has 4 rings (SSSR count). The van der Waals surface area contributed by atoms with Gasteiger partial charge in [-0.05, 0) is 28.8 Å². The number of nitrogens with zero attached hydrogens (tertiary/aromatic N) is 1. The maximum atomic E-state index is 14.5. The summed E-state index contributed by atoms with van der Waals surface area (Å²) in [7, 11) is 0. The molecule has 1 aliphatic rings. The van der Waals surface area contributed by atoms with Crippen molar-refractivity contribution >= 4 is 0 Å². The van der Waals surface area contributed by atoms with Crippen molar-refractivity contribution in [3.8, 4) is 11.1 Å². The van der Waals surface area contributed by atoms with E-state index in [1.807, 2.05) is 36.4 Å². The quantitative estimate of drug-likeness (QED) is 0.646. The van der Waals surface area contributed by atoms with Crippen LogP contribution >= 0.6 is 0 Å². The van der Waals surface area contributed by atoms with E-state index in [-0.39, 0.29) is 18.6 Å². The van der Waals surface area contributed by atoms with Crippen molar-refractivity contribution in [3.63, 3.8) is 0 Å². The summed E-state index contributed by atoms with van der Waals surface area (Å²) in [6.45, 7) is 2.75. The van der Waals surface area contributed by atoms with Gasteiger partial charge in [-0.15, -0.1) is 0 Å². The second-order valence-electron chi connectivity index (χ2n) is 7.63. The first-order chi connectivity index (χ1) is 14.7. The third kappa shape index (κ3) is 4.59. The lowest BCUT2D eigenvalue weighted by molar-refractivity contribution is -0.0520. The van der Waals surface area contributed by atoms with E-state index in [9.17, 15) is 13.9 Å². The number of rotatable bonds is 6. The van der Waals surface area contributed by atoms with Crippen LogP contribution in [0, 0.1) is 11.6 Å². The average molecular weight is 409 g/mol. The molecule has 3 aromatic rings. The second-order valence-corrected chi connectivity index (χ2v) is 7.63. The Bertz CT molecular complexity index is 980. The predicted octanol–water partition coefficient (Wildman–Crippen LogP) is 4.61. The van der Waals surface area contributed by atoms with E-state index in [0.717, 1.165) is 24.7 Å². The van der Waals surface area contributed by atoms with Gasteiger partial charge in [-0.3, -0.25) is 4.90 Å². The Hall–Kier alpha value is -2.60. The molecule has 30 heavy (non-hydrogen) atoms. The van der Waals surface area contributed by atoms with E-state index in [2.05, 4.69) is 17.0 Å². The number of hydrogen-bond donors (Lipinski definition) is 1. The molecule has 2 unspecified atom stereocenters. The van der Waals surface area contributed by atoms with E-state index in [4.69, 9.17) is 4.74 Å². The van der Waals surface area contributed by atoms with Gasteiger partial charge < -0.3 is 9.84 Å². The zero-order valence-electron chi connectivity index (χ0n) is 16.7. The minimum atomic E-state index is -0.616. The lowest BCUT2D eigenvalue weighted by Gasteiger charge is -2.37. The Balaban J connectivity index is 1.59. The maximum Gasteiger partial charge on any atom is 0.133 e. The minimum Gasteiger partial charge on any atom is -0.396 e. The van der Waals surface area contributed by atoms with Crippen LogP contribution in [0.15, 0.2) is 72.8 Å². The Morgan fingerprint density at radius 1 is 0.967 bits per heavy atom. The lowest BCUT2D eigenvalue weighted by atomic mass is 9.86. The number of halogens is 2. The molecule has 1 saturated heterocycles. The molecule has 0 radical (unpaired) electrons. The molecule has 0 saturated carbocycles. The highest BCUT2D eigenvalue weighted by Crippen LogP contribution is 2.34. The average Bonchev–Trinajstić information content (AvgIpc) is 2.76. The van der Waals surface area contributed by atoms with Crippen molar-refractivity contribution in [1.82, 2.24) is 4.90 Å². The molecule has 0 aromatic heterocycles. The van der Waals surface area contributed by atoms with Crippen LogP contribution in [0.1, 0.15) is 17.0 Å². The molecular weight excluding hydrogens is 384 g/mol. The van der Waals surface area contributed by atoms with Crippen LogP contribution < -0.4 is 0 Å². The fourth-order valence-electron chi connectivity index (χ4n) is 4.15. The zero-order valence-corrected chi connectivity index (χ0v) is 16.7. The third-order valence-electron chi connectivity index (χ3n) is 5.65. The van der Waals surface area contributed by atoms with Crippen LogP contribution in [-0.4, -0.2) is 42.4 Å². The highest BCUT2D eigenvalue weighted by molar-refractivity contribution is 5.69. The van der Waals surface area contributed by atoms with Gasteiger partial charge in [0, 0.05) is 37.2 Å². The van der Waals surface area contributed by atoms with Crippen LogP contribution in [0.5, 0.6) is 0 Å². The van der Waals surface area contributed by atoms with Gasteiger partial charge in [0.1, 0.15) is 11.6 Å². The van der Waals surface area contributed by atoms with Crippen molar-refractivity contribution in [1.29, 1.82) is 0 Å². The van der Waals surface area contributed by atoms with Crippen molar-refractivity contribution in [2.45, 2.75) is 18.6 Å². The summed E-state index contributed by atoms with van der Waals surface area (Å²) in [5.74, 6) is -1.54. The molecular formula is C25H25F2NO2. The SMILES string of the molecule is OCC(c1ccccc1-c1ccc(F)cc1F)C1CN(Cc2ccccc2)CCO1. The third-order valence-corrected chi connectivity index (χ3v) is 5.65. The summed E-state index contributed by atoms with van der Waals surface area (Å²) in [5.41, 5.74) is 3.00. The number of aliphatic hydroxyl groups excluding tert-OH is 1. The minimum absolute atomic E-state index is 0.121. The number of ether oxygens (including phenoxy) is 1. The van der Waals surface area contributed by atoms with Crippen molar-refractivity contribution < 1.29 is 18.6 Å². The molecule has 1 aliphatic heterocycles. The fraction of sp³-hybridized carbons (Fsp3) is 0.280. The Labute approximate surface area is 175 Å². The first-order valence-electron chi connectivity index (χ1n) is 10.2. The van der Waals surface area contributed by atoms with E-state index < -0.39 is 11.6 Å². The molecule has 2 atom stereocenters. The van der Waals surface area contributed by atoms with Gasteiger partial charge in [0.25, 0.3) is 0 Å². The van der Waals surface area contributed by atoms with Crippen molar-refractivity contribution in [2.75, 3.05) is 26.3 Å². The van der Waals surface area contributed by atoms with Gasteiger partial charge in [0.05, 0.1) is 19.3 Å². The van der Waals surface area contributed by atoms with E-state index in [0.29, 0.717) is 24.3 Å². The van der Waals surface area contributed by atoms with Gasteiger partial charge in [-0.2, -0.15) is 0 Å². The lowest BCUT2D eigenvalue weighted by Crippen LogP contribution is -2.45. The van der Waals surface area contributed by atoms with Crippen LogP contribution in [0.25, 0.3) is 11.1 Å². The van der Waals surface area contributed by atoms with Crippen LogP contribution in [0.4, 0.5) is 8.78 Å². The summed E-state index contributed by atoms with van der Waals surface area (Å²) in [6.07, 6.45) is -0.225. The highest BCUT2D eigenvalue weighted by atomic mass is 19.1. The molecule has 0 aliphatic carbocycles. The standard InChI is InChI=1S/C25H25F2NO2/c26-19-10-11-22(24(27)14-19)20-8-4-5-9-21(20)23(17-29)25-16-28(12-13-30-25)15-18-6-2-1-3-7-18/h1-11,14,23,25,29H,12-13,15-17H2. The Kier molecular flexibility index (Phi) is 6.53. The Morgan fingerprint density at radius 2 is 1.73 bits per heavy atom. The normalized spacial score (nSPS) is 18.3. The predicted molar refractivity (Wildman–Crippen MR) is 113 cm³/mol. The summed E-state index contributed by atoms with van der Waals surface area (Å²) < 4.78 is 33.9. The topological polar surface area (TPSA) is 32.7 Å². The molecule has 3 aromatic carbocycles. The molecule has 0 bridgehead atoms. The fourth-order valence-corrected chi connectivity index (χ4v) is 4.15. The number of hydrogen-bond acceptors (Lipinski definition) is 3.